The van der Waals surface area contributed by atoms with Crippen molar-refractivity contribution in [3.63, 3.8) is 0 Å². The molecule has 1 atom stereocenters. The zero-order valence-corrected chi connectivity index (χ0v) is 16.3. The van der Waals surface area contributed by atoms with Crippen LogP contribution in [0.5, 0.6) is 0 Å². The molecule has 0 saturated carbocycles. The Morgan fingerprint density at radius 1 is 1.37 bits per heavy atom. The molecule has 156 valence electrons. The van der Waals surface area contributed by atoms with E-state index in [0.29, 0.717) is 24.6 Å². The summed E-state index contributed by atoms with van der Waals surface area (Å²) in [7, 11) is 0. The molecule has 30 heavy (non-hydrogen) atoms. The Hall–Kier alpha value is -3.18. The van der Waals surface area contributed by atoms with Crippen molar-refractivity contribution in [3.8, 4) is 11.8 Å². The van der Waals surface area contributed by atoms with E-state index in [1.807, 2.05) is 0 Å². The van der Waals surface area contributed by atoms with Crippen LogP contribution in [0.25, 0.3) is 0 Å². The number of ether oxygens (including phenoxy) is 1. The van der Waals surface area contributed by atoms with E-state index < -0.39 is 23.7 Å². The fourth-order valence-electron chi connectivity index (χ4n) is 2.80. The van der Waals surface area contributed by atoms with Crippen LogP contribution in [-0.4, -0.2) is 28.1 Å². The molecule has 0 radical (unpaired) electrons. The summed E-state index contributed by atoms with van der Waals surface area (Å²) in [5.74, 6) is 4.22. The van der Waals surface area contributed by atoms with E-state index in [2.05, 4.69) is 33.4 Å². The second-order valence-electron chi connectivity index (χ2n) is 6.59. The highest BCUT2D eigenvalue weighted by Gasteiger charge is 2.13. The zero-order chi connectivity index (χ0) is 21.3. The van der Waals surface area contributed by atoms with Gasteiger partial charge in [-0.25, -0.2) is 23.7 Å². The van der Waals surface area contributed by atoms with Gasteiger partial charge in [-0.1, -0.05) is 17.9 Å². The lowest BCUT2D eigenvalue weighted by Gasteiger charge is -2.13. The van der Waals surface area contributed by atoms with Crippen molar-refractivity contribution < 1.29 is 17.9 Å². The number of aromatic nitrogens is 2. The molecule has 0 unspecified atom stereocenters. The maximum absolute atomic E-state index is 14.1. The number of nitrogens with zero attached hydrogens (tertiary/aromatic N) is 4. The number of rotatable bonds is 8. The molecule has 1 aromatic rings. The van der Waals surface area contributed by atoms with Crippen LogP contribution < -0.4 is 0 Å². The Kier molecular flexibility index (Phi) is 7.57. The van der Waals surface area contributed by atoms with Gasteiger partial charge in [0.05, 0.1) is 24.8 Å². The molecule has 3 rings (SSSR count). The van der Waals surface area contributed by atoms with E-state index in [0.717, 1.165) is 0 Å². The fourth-order valence-corrected chi connectivity index (χ4v) is 2.80. The second-order valence-corrected chi connectivity index (χ2v) is 6.59. The summed E-state index contributed by atoms with van der Waals surface area (Å²) in [5.41, 5.74) is 0.901. The standard InChI is InChI=1S/C22H21F3N4O/c1-2-12-29-14-18(15-30-19-9-11-26-21(25)13-19)28-22(29)27-10-8-16-4-3-5-17(23)6-7-20(16)24/h2,6,10-11,13-14,19H,1,5,7-9,12,15H2/b17-6+,20-16-,27-10-/t19-/m1/s1. The van der Waals surface area contributed by atoms with Gasteiger partial charge in [-0.2, -0.15) is 4.39 Å². The average Bonchev–Trinajstić information content (AvgIpc) is 3.10. The molecule has 5 nitrogen and oxygen atoms in total. The molecule has 0 aromatic carbocycles. The predicted molar refractivity (Wildman–Crippen MR) is 110 cm³/mol. The van der Waals surface area contributed by atoms with E-state index in [-0.39, 0.29) is 31.4 Å². The SMILES string of the molecule is C=CCn1cc(CO[C@H]2C=C(F)N=CC2)nc1/N=C\C/C1=C(\F)C/C=C(/F)CC#C1. The van der Waals surface area contributed by atoms with Crippen LogP contribution in [0.4, 0.5) is 19.1 Å². The molecule has 2 aliphatic rings. The van der Waals surface area contributed by atoms with Crippen LogP contribution in [-0.2, 0) is 17.9 Å². The lowest BCUT2D eigenvalue weighted by atomic mass is 10.1. The molecule has 2 heterocycles. The first-order valence-corrected chi connectivity index (χ1v) is 9.47. The predicted octanol–water partition coefficient (Wildman–Crippen LogP) is 5.21. The van der Waals surface area contributed by atoms with Crippen molar-refractivity contribution >= 4 is 18.4 Å². The van der Waals surface area contributed by atoms with E-state index in [4.69, 9.17) is 4.74 Å². The number of hydrogen-bond donors (Lipinski definition) is 0. The summed E-state index contributed by atoms with van der Waals surface area (Å²) < 4.78 is 47.9. The van der Waals surface area contributed by atoms with Crippen LogP contribution in [0.15, 0.2) is 64.2 Å². The molecule has 0 amide bonds. The van der Waals surface area contributed by atoms with Crippen molar-refractivity contribution in [3.05, 3.63) is 59.9 Å². The van der Waals surface area contributed by atoms with E-state index in [1.165, 1.54) is 24.6 Å². The molecule has 0 spiro atoms. The minimum atomic E-state index is -0.564. The van der Waals surface area contributed by atoms with Crippen LogP contribution >= 0.6 is 0 Å². The monoisotopic (exact) mass is 414 g/mol. The Bertz CT molecular complexity index is 1010. The van der Waals surface area contributed by atoms with Gasteiger partial charge in [0.1, 0.15) is 11.7 Å². The highest BCUT2D eigenvalue weighted by molar-refractivity contribution is 5.66. The maximum atomic E-state index is 14.1. The first-order valence-electron chi connectivity index (χ1n) is 9.47. The minimum Gasteiger partial charge on any atom is -0.367 e. The topological polar surface area (TPSA) is 51.8 Å². The highest BCUT2D eigenvalue weighted by Crippen LogP contribution is 2.20. The van der Waals surface area contributed by atoms with Crippen LogP contribution in [0.2, 0.25) is 0 Å². The molecule has 1 aliphatic carbocycles. The summed E-state index contributed by atoms with van der Waals surface area (Å²) in [6.07, 6.45) is 9.12. The molecule has 1 aliphatic heterocycles. The molecule has 0 saturated heterocycles. The van der Waals surface area contributed by atoms with Gasteiger partial charge in [0, 0.05) is 50.0 Å². The third-order valence-corrected chi connectivity index (χ3v) is 4.28. The minimum absolute atomic E-state index is 0.0209. The molecular weight excluding hydrogens is 393 g/mol. The van der Waals surface area contributed by atoms with E-state index in [1.54, 1.807) is 16.8 Å². The molecule has 0 fully saturated rings. The molecule has 0 bridgehead atoms. The molecule has 1 aromatic heterocycles. The second kappa shape index (κ2) is 10.6. The van der Waals surface area contributed by atoms with Gasteiger partial charge in [-0.3, -0.25) is 0 Å². The summed E-state index contributed by atoms with van der Waals surface area (Å²) in [6, 6.07) is 0. The van der Waals surface area contributed by atoms with Crippen molar-refractivity contribution in [2.75, 3.05) is 0 Å². The van der Waals surface area contributed by atoms with Gasteiger partial charge in [-0.15, -0.1) is 6.58 Å². The lowest BCUT2D eigenvalue weighted by Crippen LogP contribution is -2.13. The van der Waals surface area contributed by atoms with Gasteiger partial charge in [0.25, 0.3) is 0 Å². The van der Waals surface area contributed by atoms with E-state index in [9.17, 15) is 13.2 Å². The largest absolute Gasteiger partial charge is 0.367 e. The summed E-state index contributed by atoms with van der Waals surface area (Å²) in [4.78, 5) is 12.3. The number of imidazole rings is 1. The van der Waals surface area contributed by atoms with Gasteiger partial charge in [-0.05, 0) is 12.2 Å². The Labute approximate surface area is 173 Å². The van der Waals surface area contributed by atoms with Crippen molar-refractivity contribution in [1.29, 1.82) is 0 Å². The normalized spacial score (nSPS) is 23.2. The Morgan fingerprint density at radius 2 is 2.23 bits per heavy atom. The van der Waals surface area contributed by atoms with Crippen LogP contribution in [0.1, 0.15) is 31.4 Å². The summed E-state index contributed by atoms with van der Waals surface area (Å²) in [5, 5.41) is 0. The average molecular weight is 414 g/mol. The maximum Gasteiger partial charge on any atom is 0.229 e. The van der Waals surface area contributed by atoms with Gasteiger partial charge in [0.2, 0.25) is 11.9 Å². The summed E-state index contributed by atoms with van der Waals surface area (Å²) >= 11 is 0. The smallest absolute Gasteiger partial charge is 0.229 e. The molecule has 0 N–H and O–H groups in total. The Balaban J connectivity index is 1.66. The quantitative estimate of drug-likeness (QED) is 0.254. The number of hydrogen-bond acceptors (Lipinski definition) is 4. The van der Waals surface area contributed by atoms with Crippen molar-refractivity contribution in [2.45, 2.75) is 44.9 Å². The molecular formula is C22H21F3N4O. The van der Waals surface area contributed by atoms with Gasteiger partial charge < -0.3 is 9.30 Å². The third kappa shape index (κ3) is 6.16. The third-order valence-electron chi connectivity index (χ3n) is 4.28. The lowest BCUT2D eigenvalue weighted by molar-refractivity contribution is 0.0728. The number of halogens is 3. The zero-order valence-electron chi connectivity index (χ0n) is 16.3. The van der Waals surface area contributed by atoms with Gasteiger partial charge in [0.15, 0.2) is 0 Å². The van der Waals surface area contributed by atoms with Crippen LogP contribution in [0.3, 0.4) is 0 Å². The molecule has 8 heteroatoms. The van der Waals surface area contributed by atoms with Crippen LogP contribution in [0, 0.1) is 11.8 Å². The fraction of sp³-hybridized carbons (Fsp3) is 0.318. The highest BCUT2D eigenvalue weighted by atomic mass is 19.1. The number of allylic oxidation sites excluding steroid dienone is 5. The van der Waals surface area contributed by atoms with Gasteiger partial charge >= 0.3 is 0 Å². The number of aliphatic imine (C=N–C) groups is 2. The Morgan fingerprint density at radius 3 is 3.03 bits per heavy atom. The van der Waals surface area contributed by atoms with Crippen molar-refractivity contribution in [1.82, 2.24) is 9.55 Å². The first kappa shape index (κ1) is 21.5. The summed E-state index contributed by atoms with van der Waals surface area (Å²) in [6.45, 7) is 4.37. The van der Waals surface area contributed by atoms with Crippen molar-refractivity contribution in [2.24, 2.45) is 9.98 Å². The first-order chi connectivity index (χ1) is 14.5. The van der Waals surface area contributed by atoms with E-state index >= 15 is 0 Å².